The zero-order valence-corrected chi connectivity index (χ0v) is 21.8. The Hall–Kier alpha value is -1.06. The van der Waals surface area contributed by atoms with Crippen molar-refractivity contribution in [3.8, 4) is 0 Å². The summed E-state index contributed by atoms with van der Waals surface area (Å²) >= 11 is 0. The van der Waals surface area contributed by atoms with Crippen molar-refractivity contribution in [2.24, 2.45) is 0 Å². The fourth-order valence-electron chi connectivity index (χ4n) is 4.25. The minimum Gasteiger partial charge on any atom is -0.463 e. The third-order valence-corrected chi connectivity index (χ3v) is 6.18. The summed E-state index contributed by atoms with van der Waals surface area (Å²) in [6.45, 7) is 5.70. The van der Waals surface area contributed by atoms with E-state index in [4.69, 9.17) is 9.47 Å². The highest BCUT2D eigenvalue weighted by molar-refractivity contribution is 5.78. The Balaban J connectivity index is 3.33. The molecule has 0 amide bonds. The van der Waals surface area contributed by atoms with Crippen molar-refractivity contribution in [1.82, 2.24) is 0 Å². The second-order valence-electron chi connectivity index (χ2n) is 9.36. The van der Waals surface area contributed by atoms with Crippen LogP contribution in [0, 0.1) is 0 Å². The molecule has 0 saturated heterocycles. The molecule has 0 saturated carbocycles. The van der Waals surface area contributed by atoms with Crippen LogP contribution < -0.4 is 0 Å². The minimum atomic E-state index is -0.733. The highest BCUT2D eigenvalue weighted by Gasteiger charge is 2.22. The fraction of sp³-hybridized carbons (Fsp3) is 0.929. The van der Waals surface area contributed by atoms with E-state index in [1.807, 2.05) is 0 Å². The molecule has 0 aromatic rings. The first-order valence-corrected chi connectivity index (χ1v) is 14.0. The van der Waals surface area contributed by atoms with Gasteiger partial charge in [0.1, 0.15) is 0 Å². The van der Waals surface area contributed by atoms with Gasteiger partial charge in [0.15, 0.2) is 6.10 Å². The summed E-state index contributed by atoms with van der Waals surface area (Å²) in [5.74, 6) is -0.836. The van der Waals surface area contributed by atoms with Gasteiger partial charge in [-0.3, -0.25) is 4.79 Å². The van der Waals surface area contributed by atoms with Crippen molar-refractivity contribution in [2.75, 3.05) is 6.61 Å². The van der Waals surface area contributed by atoms with Crippen LogP contribution in [-0.4, -0.2) is 24.6 Å². The van der Waals surface area contributed by atoms with Crippen LogP contribution in [0.25, 0.3) is 0 Å². The molecule has 0 fully saturated rings. The van der Waals surface area contributed by atoms with E-state index in [1.54, 1.807) is 6.92 Å². The van der Waals surface area contributed by atoms with Crippen LogP contribution in [0.5, 0.6) is 0 Å². The van der Waals surface area contributed by atoms with Crippen molar-refractivity contribution < 1.29 is 19.1 Å². The first-order chi connectivity index (χ1) is 15.6. The van der Waals surface area contributed by atoms with E-state index < -0.39 is 18.0 Å². The Morgan fingerprint density at radius 3 is 1.22 bits per heavy atom. The lowest BCUT2D eigenvalue weighted by atomic mass is 10.0. The molecular formula is C28H54O4. The topological polar surface area (TPSA) is 52.6 Å². The van der Waals surface area contributed by atoms with Crippen LogP contribution in [0.3, 0.4) is 0 Å². The molecule has 0 heterocycles. The normalized spacial score (nSPS) is 12.0. The second kappa shape index (κ2) is 24.6. The smallest absolute Gasteiger partial charge is 0.347 e. The zero-order chi connectivity index (χ0) is 23.7. The molecule has 0 aromatic carbocycles. The van der Waals surface area contributed by atoms with E-state index in [-0.39, 0.29) is 0 Å². The average Bonchev–Trinajstić information content (AvgIpc) is 2.76. The van der Waals surface area contributed by atoms with Crippen molar-refractivity contribution in [1.29, 1.82) is 0 Å². The van der Waals surface area contributed by atoms with Crippen molar-refractivity contribution in [3.63, 3.8) is 0 Å². The molecule has 1 atom stereocenters. The maximum atomic E-state index is 11.8. The lowest BCUT2D eigenvalue weighted by Crippen LogP contribution is -2.28. The SMILES string of the molecule is CCCCCCCCCCCCCCCCCCCCCCC(OC(C)=O)C(=O)OCC. The molecule has 0 aliphatic rings. The van der Waals surface area contributed by atoms with E-state index in [9.17, 15) is 9.59 Å². The van der Waals surface area contributed by atoms with Crippen LogP contribution in [0.2, 0.25) is 0 Å². The molecule has 0 spiro atoms. The largest absolute Gasteiger partial charge is 0.463 e. The summed E-state index contributed by atoms with van der Waals surface area (Å²) in [7, 11) is 0. The number of ether oxygens (including phenoxy) is 2. The maximum absolute atomic E-state index is 11.8. The van der Waals surface area contributed by atoms with Gasteiger partial charge in [-0.05, 0) is 19.8 Å². The lowest BCUT2D eigenvalue weighted by Gasteiger charge is -2.15. The highest BCUT2D eigenvalue weighted by Crippen LogP contribution is 2.16. The fourth-order valence-corrected chi connectivity index (χ4v) is 4.25. The quantitative estimate of drug-likeness (QED) is 0.108. The molecule has 4 heteroatoms. The number of carbonyl (C=O) groups is 2. The predicted molar refractivity (Wildman–Crippen MR) is 135 cm³/mol. The first-order valence-electron chi connectivity index (χ1n) is 14.0. The number of hydrogen-bond acceptors (Lipinski definition) is 4. The molecule has 0 rings (SSSR count). The van der Waals surface area contributed by atoms with E-state index in [1.165, 1.54) is 122 Å². The zero-order valence-electron chi connectivity index (χ0n) is 21.8. The summed E-state index contributed by atoms with van der Waals surface area (Å²) < 4.78 is 10.1. The van der Waals surface area contributed by atoms with Gasteiger partial charge in [0.05, 0.1) is 6.61 Å². The summed E-state index contributed by atoms with van der Waals surface area (Å²) in [6, 6.07) is 0. The van der Waals surface area contributed by atoms with Crippen molar-refractivity contribution in [2.45, 2.75) is 162 Å². The Labute approximate surface area is 199 Å². The van der Waals surface area contributed by atoms with Crippen LogP contribution in [0.15, 0.2) is 0 Å². The van der Waals surface area contributed by atoms with Crippen molar-refractivity contribution in [3.05, 3.63) is 0 Å². The Bertz CT molecular complexity index is 422. The molecular weight excluding hydrogens is 400 g/mol. The molecule has 0 radical (unpaired) electrons. The Morgan fingerprint density at radius 1 is 0.562 bits per heavy atom. The number of esters is 2. The lowest BCUT2D eigenvalue weighted by molar-refractivity contribution is -0.166. The van der Waals surface area contributed by atoms with E-state index in [2.05, 4.69) is 6.92 Å². The maximum Gasteiger partial charge on any atom is 0.347 e. The summed E-state index contributed by atoms with van der Waals surface area (Å²) in [5, 5.41) is 0. The first kappa shape index (κ1) is 30.9. The molecule has 4 nitrogen and oxygen atoms in total. The number of carbonyl (C=O) groups excluding carboxylic acids is 2. The molecule has 0 aliphatic carbocycles. The molecule has 0 bridgehead atoms. The van der Waals surface area contributed by atoms with Gasteiger partial charge < -0.3 is 9.47 Å². The standard InChI is InChI=1S/C28H54O4/c1-4-6-7-8-9-10-11-12-13-14-15-16-17-18-19-20-21-22-23-24-25-27(32-26(3)29)28(30)31-5-2/h27H,4-25H2,1-3H3. The van der Waals surface area contributed by atoms with Gasteiger partial charge in [-0.25, -0.2) is 4.79 Å². The number of unbranched alkanes of at least 4 members (excludes halogenated alkanes) is 19. The number of rotatable bonds is 24. The third-order valence-electron chi connectivity index (χ3n) is 6.18. The summed E-state index contributed by atoms with van der Waals surface area (Å²) in [6.07, 6.45) is 26.8. The molecule has 0 N–H and O–H groups in total. The monoisotopic (exact) mass is 454 g/mol. The van der Waals surface area contributed by atoms with Gasteiger partial charge in [-0.1, -0.05) is 129 Å². The van der Waals surface area contributed by atoms with Gasteiger partial charge >= 0.3 is 11.9 Å². The van der Waals surface area contributed by atoms with Crippen LogP contribution in [0.4, 0.5) is 0 Å². The van der Waals surface area contributed by atoms with E-state index in [0.29, 0.717) is 13.0 Å². The van der Waals surface area contributed by atoms with E-state index >= 15 is 0 Å². The van der Waals surface area contributed by atoms with Gasteiger partial charge in [-0.2, -0.15) is 0 Å². The minimum absolute atomic E-state index is 0.315. The van der Waals surface area contributed by atoms with E-state index in [0.717, 1.165) is 12.8 Å². The van der Waals surface area contributed by atoms with Crippen molar-refractivity contribution >= 4 is 11.9 Å². The molecule has 32 heavy (non-hydrogen) atoms. The molecule has 0 aliphatic heterocycles. The van der Waals surface area contributed by atoms with Crippen LogP contribution >= 0.6 is 0 Å². The summed E-state index contributed by atoms with van der Waals surface area (Å²) in [4.78, 5) is 23.0. The number of hydrogen-bond donors (Lipinski definition) is 0. The third kappa shape index (κ3) is 22.1. The molecule has 0 aromatic heterocycles. The molecule has 190 valence electrons. The Kier molecular flexibility index (Phi) is 23.8. The van der Waals surface area contributed by atoms with Gasteiger partial charge in [0.25, 0.3) is 0 Å². The van der Waals surface area contributed by atoms with Gasteiger partial charge in [0.2, 0.25) is 0 Å². The second-order valence-corrected chi connectivity index (χ2v) is 9.36. The highest BCUT2D eigenvalue weighted by atomic mass is 16.6. The molecule has 1 unspecified atom stereocenters. The average molecular weight is 455 g/mol. The van der Waals surface area contributed by atoms with Crippen LogP contribution in [-0.2, 0) is 19.1 Å². The predicted octanol–water partition coefficient (Wildman–Crippen LogP) is 8.69. The van der Waals surface area contributed by atoms with Gasteiger partial charge in [-0.15, -0.1) is 0 Å². The Morgan fingerprint density at radius 2 is 0.906 bits per heavy atom. The van der Waals surface area contributed by atoms with Crippen LogP contribution in [0.1, 0.15) is 156 Å². The summed E-state index contributed by atoms with van der Waals surface area (Å²) in [5.41, 5.74) is 0. The van der Waals surface area contributed by atoms with Gasteiger partial charge in [0, 0.05) is 6.92 Å².